The highest BCUT2D eigenvalue weighted by atomic mass is 15.0. The van der Waals surface area contributed by atoms with Crippen LogP contribution < -0.4 is 5.32 Å². The maximum atomic E-state index is 3.63. The molecule has 1 aliphatic heterocycles. The van der Waals surface area contributed by atoms with Gasteiger partial charge in [-0.15, -0.1) is 0 Å². The first-order chi connectivity index (χ1) is 9.20. The Hall–Kier alpha value is -1.28. The molecule has 0 aliphatic carbocycles. The van der Waals surface area contributed by atoms with Crippen LogP contribution in [0, 0.1) is 6.92 Å². The summed E-state index contributed by atoms with van der Waals surface area (Å²) in [6.45, 7) is 5.68. The summed E-state index contributed by atoms with van der Waals surface area (Å²) in [7, 11) is 2.19. The standard InChI is InChI=1S/C17H24N2/c1-4-13-7-8-17-16(10-13)15(12(2)19(17)3)11-14-6-5-9-18-14/h7-8,10,14,18H,4-6,9,11H2,1-3H3. The summed E-state index contributed by atoms with van der Waals surface area (Å²) >= 11 is 0. The highest BCUT2D eigenvalue weighted by Gasteiger charge is 2.19. The van der Waals surface area contributed by atoms with Crippen LogP contribution in [-0.4, -0.2) is 17.2 Å². The quantitative estimate of drug-likeness (QED) is 0.891. The number of benzene rings is 1. The lowest BCUT2D eigenvalue weighted by atomic mass is 10.00. The van der Waals surface area contributed by atoms with Crippen LogP contribution in [0.3, 0.4) is 0 Å². The summed E-state index contributed by atoms with van der Waals surface area (Å²) in [4.78, 5) is 0. The van der Waals surface area contributed by atoms with Gasteiger partial charge < -0.3 is 9.88 Å². The van der Waals surface area contributed by atoms with E-state index < -0.39 is 0 Å². The number of hydrogen-bond acceptors (Lipinski definition) is 1. The molecule has 1 unspecified atom stereocenters. The zero-order chi connectivity index (χ0) is 13.4. The van der Waals surface area contributed by atoms with Gasteiger partial charge in [-0.1, -0.05) is 13.0 Å². The van der Waals surface area contributed by atoms with Crippen LogP contribution in [0.4, 0.5) is 0 Å². The fourth-order valence-corrected chi connectivity index (χ4v) is 3.35. The molecular weight excluding hydrogens is 232 g/mol. The minimum absolute atomic E-state index is 0.676. The summed E-state index contributed by atoms with van der Waals surface area (Å²) < 4.78 is 2.35. The van der Waals surface area contributed by atoms with E-state index in [2.05, 4.69) is 49.0 Å². The fraction of sp³-hybridized carbons (Fsp3) is 0.529. The van der Waals surface area contributed by atoms with E-state index >= 15 is 0 Å². The zero-order valence-corrected chi connectivity index (χ0v) is 12.3. The van der Waals surface area contributed by atoms with Gasteiger partial charge in [-0.25, -0.2) is 0 Å². The molecule has 3 rings (SSSR count). The Morgan fingerprint density at radius 3 is 2.89 bits per heavy atom. The van der Waals surface area contributed by atoms with E-state index in [1.54, 1.807) is 5.56 Å². The van der Waals surface area contributed by atoms with Crippen LogP contribution in [0.25, 0.3) is 10.9 Å². The average molecular weight is 256 g/mol. The second kappa shape index (κ2) is 5.01. The van der Waals surface area contributed by atoms with E-state index in [1.807, 2.05) is 0 Å². The Balaban J connectivity index is 2.07. The minimum atomic E-state index is 0.676. The van der Waals surface area contributed by atoms with Gasteiger partial charge in [0.15, 0.2) is 0 Å². The van der Waals surface area contributed by atoms with Gasteiger partial charge in [0.05, 0.1) is 0 Å². The third-order valence-corrected chi connectivity index (χ3v) is 4.71. The zero-order valence-electron chi connectivity index (χ0n) is 12.3. The third-order valence-electron chi connectivity index (χ3n) is 4.71. The molecule has 0 saturated carbocycles. The highest BCUT2D eigenvalue weighted by molar-refractivity contribution is 5.86. The lowest BCUT2D eigenvalue weighted by Crippen LogP contribution is -2.23. The molecule has 1 aliphatic rings. The molecule has 1 N–H and O–H groups in total. The lowest BCUT2D eigenvalue weighted by molar-refractivity contribution is 0.602. The molecule has 0 amide bonds. The van der Waals surface area contributed by atoms with Crippen molar-refractivity contribution in [3.63, 3.8) is 0 Å². The lowest BCUT2D eigenvalue weighted by Gasteiger charge is -2.10. The van der Waals surface area contributed by atoms with Crippen molar-refractivity contribution in [3.05, 3.63) is 35.0 Å². The number of rotatable bonds is 3. The maximum absolute atomic E-state index is 3.63. The molecule has 1 aromatic carbocycles. The molecule has 1 atom stereocenters. The molecule has 2 aromatic rings. The summed E-state index contributed by atoms with van der Waals surface area (Å²) in [5.74, 6) is 0. The Bertz CT molecular complexity index is 589. The molecule has 2 nitrogen and oxygen atoms in total. The maximum Gasteiger partial charge on any atom is 0.0482 e. The third kappa shape index (κ3) is 2.18. The van der Waals surface area contributed by atoms with Gasteiger partial charge >= 0.3 is 0 Å². The van der Waals surface area contributed by atoms with Crippen LogP contribution in [0.2, 0.25) is 0 Å². The van der Waals surface area contributed by atoms with E-state index in [-0.39, 0.29) is 0 Å². The molecule has 2 heteroatoms. The van der Waals surface area contributed by atoms with Crippen LogP contribution in [0.15, 0.2) is 18.2 Å². The normalized spacial score (nSPS) is 19.4. The Kier molecular flexibility index (Phi) is 3.36. The van der Waals surface area contributed by atoms with Gasteiger partial charge in [0, 0.05) is 29.7 Å². The van der Waals surface area contributed by atoms with Gasteiger partial charge in [0.25, 0.3) is 0 Å². The van der Waals surface area contributed by atoms with Gasteiger partial charge in [0.2, 0.25) is 0 Å². The van der Waals surface area contributed by atoms with Crippen molar-refractivity contribution in [2.24, 2.45) is 7.05 Å². The fourth-order valence-electron chi connectivity index (χ4n) is 3.35. The summed E-state index contributed by atoms with van der Waals surface area (Å²) in [5.41, 5.74) is 5.80. The summed E-state index contributed by atoms with van der Waals surface area (Å²) in [6.07, 6.45) is 4.94. The Labute approximate surface area is 115 Å². The van der Waals surface area contributed by atoms with Crippen LogP contribution in [-0.2, 0) is 19.9 Å². The van der Waals surface area contributed by atoms with E-state index in [0.29, 0.717) is 6.04 Å². The van der Waals surface area contributed by atoms with Gasteiger partial charge in [-0.3, -0.25) is 0 Å². The van der Waals surface area contributed by atoms with Crippen LogP contribution in [0.5, 0.6) is 0 Å². The van der Waals surface area contributed by atoms with E-state index in [9.17, 15) is 0 Å². The van der Waals surface area contributed by atoms with Crippen molar-refractivity contribution >= 4 is 10.9 Å². The number of aryl methyl sites for hydroxylation is 2. The summed E-state index contributed by atoms with van der Waals surface area (Å²) in [5, 5.41) is 5.09. The molecular formula is C17H24N2. The molecule has 1 saturated heterocycles. The average Bonchev–Trinajstić information content (AvgIpc) is 3.02. The van der Waals surface area contributed by atoms with Gasteiger partial charge in [-0.2, -0.15) is 0 Å². The predicted octanol–water partition coefficient (Wildman–Crippen LogP) is 3.34. The van der Waals surface area contributed by atoms with E-state index in [0.717, 1.165) is 6.42 Å². The van der Waals surface area contributed by atoms with Gasteiger partial charge in [0.1, 0.15) is 0 Å². The molecule has 102 valence electrons. The smallest absolute Gasteiger partial charge is 0.0482 e. The molecule has 1 aromatic heterocycles. The Morgan fingerprint density at radius 1 is 1.37 bits per heavy atom. The number of fused-ring (bicyclic) bond motifs is 1. The van der Waals surface area contributed by atoms with Crippen molar-refractivity contribution in [3.8, 4) is 0 Å². The first kappa shape index (κ1) is 12.7. The van der Waals surface area contributed by atoms with E-state index in [1.165, 1.54) is 48.0 Å². The predicted molar refractivity (Wildman–Crippen MR) is 81.8 cm³/mol. The molecule has 0 radical (unpaired) electrons. The largest absolute Gasteiger partial charge is 0.348 e. The molecule has 1 fully saturated rings. The monoisotopic (exact) mass is 256 g/mol. The van der Waals surface area contributed by atoms with Crippen molar-refractivity contribution in [2.75, 3.05) is 6.54 Å². The minimum Gasteiger partial charge on any atom is -0.348 e. The SMILES string of the molecule is CCc1ccc2c(c1)c(CC1CCCN1)c(C)n2C. The van der Waals surface area contributed by atoms with Gasteiger partial charge in [-0.05, 0) is 62.4 Å². The van der Waals surface area contributed by atoms with Crippen molar-refractivity contribution < 1.29 is 0 Å². The molecule has 0 bridgehead atoms. The topological polar surface area (TPSA) is 17.0 Å². The highest BCUT2D eigenvalue weighted by Crippen LogP contribution is 2.28. The molecule has 2 heterocycles. The Morgan fingerprint density at radius 2 is 2.21 bits per heavy atom. The molecule has 0 spiro atoms. The number of aromatic nitrogens is 1. The number of hydrogen-bond donors (Lipinski definition) is 1. The van der Waals surface area contributed by atoms with Crippen molar-refractivity contribution in [1.82, 2.24) is 9.88 Å². The van der Waals surface area contributed by atoms with Crippen molar-refractivity contribution in [2.45, 2.75) is 45.6 Å². The van der Waals surface area contributed by atoms with Crippen molar-refractivity contribution in [1.29, 1.82) is 0 Å². The first-order valence-electron chi connectivity index (χ1n) is 7.51. The van der Waals surface area contributed by atoms with Crippen LogP contribution in [0.1, 0.15) is 36.6 Å². The first-order valence-corrected chi connectivity index (χ1v) is 7.51. The number of nitrogens with zero attached hydrogens (tertiary/aromatic N) is 1. The summed E-state index contributed by atoms with van der Waals surface area (Å²) in [6, 6.07) is 7.62. The van der Waals surface area contributed by atoms with E-state index in [4.69, 9.17) is 0 Å². The second-order valence-electron chi connectivity index (χ2n) is 5.83. The van der Waals surface area contributed by atoms with Crippen LogP contribution >= 0.6 is 0 Å². The molecule has 19 heavy (non-hydrogen) atoms. The second-order valence-corrected chi connectivity index (χ2v) is 5.83. The number of nitrogens with one attached hydrogen (secondary N) is 1.